The van der Waals surface area contributed by atoms with Crippen molar-refractivity contribution in [3.63, 3.8) is 0 Å². The van der Waals surface area contributed by atoms with Crippen molar-refractivity contribution in [3.8, 4) is 0 Å². The van der Waals surface area contributed by atoms with Crippen LogP contribution in [0.2, 0.25) is 0 Å². The van der Waals surface area contributed by atoms with Crippen LogP contribution < -0.4 is 4.90 Å². The molecule has 2 aliphatic rings. The molecule has 0 aliphatic carbocycles. The van der Waals surface area contributed by atoms with Crippen molar-refractivity contribution in [2.75, 3.05) is 31.2 Å². The highest BCUT2D eigenvalue weighted by Crippen LogP contribution is 2.41. The summed E-state index contributed by atoms with van der Waals surface area (Å²) in [6, 6.07) is 5.70. The first kappa shape index (κ1) is 14.8. The Morgan fingerprint density at radius 2 is 2.04 bits per heavy atom. The average molecular weight is 322 g/mol. The van der Waals surface area contributed by atoms with Gasteiger partial charge in [0.2, 0.25) is 0 Å². The molecular weight excluding hydrogens is 305 g/mol. The van der Waals surface area contributed by atoms with Crippen molar-refractivity contribution in [1.29, 1.82) is 0 Å². The summed E-state index contributed by atoms with van der Waals surface area (Å²) in [5.41, 5.74) is 0.909. The molecule has 0 bridgehead atoms. The van der Waals surface area contributed by atoms with Crippen LogP contribution in [0.4, 0.5) is 18.9 Å². The molecule has 1 unspecified atom stereocenters. The molecule has 23 heavy (non-hydrogen) atoms. The minimum atomic E-state index is -4.34. The molecule has 0 N–H and O–H groups in total. The SMILES string of the molecule is FC(F)(F)c1ccc2c(N3CCC4(CCOC4)C3)ccnc2c1. The molecule has 2 aliphatic heterocycles. The van der Waals surface area contributed by atoms with E-state index in [4.69, 9.17) is 4.74 Å². The molecule has 1 spiro atoms. The summed E-state index contributed by atoms with van der Waals surface area (Å²) < 4.78 is 44.1. The molecular formula is C17H17F3N2O. The predicted octanol–water partition coefficient (Wildman–Crippen LogP) is 3.87. The van der Waals surface area contributed by atoms with Crippen LogP contribution in [0, 0.1) is 5.41 Å². The summed E-state index contributed by atoms with van der Waals surface area (Å²) >= 11 is 0. The molecule has 2 fully saturated rings. The standard InChI is InChI=1S/C17H17F3N2O/c18-17(19,20)12-1-2-13-14(9-12)21-6-3-15(13)22-7-4-16(10-22)5-8-23-11-16/h1-3,6,9H,4-5,7-8,10-11H2. The van der Waals surface area contributed by atoms with Gasteiger partial charge < -0.3 is 9.64 Å². The smallest absolute Gasteiger partial charge is 0.381 e. The number of hydrogen-bond donors (Lipinski definition) is 0. The maximum absolute atomic E-state index is 12.9. The van der Waals surface area contributed by atoms with E-state index in [9.17, 15) is 13.2 Å². The number of rotatable bonds is 1. The van der Waals surface area contributed by atoms with Crippen molar-refractivity contribution in [2.45, 2.75) is 19.0 Å². The Balaban J connectivity index is 1.71. The van der Waals surface area contributed by atoms with E-state index in [1.54, 1.807) is 6.20 Å². The Labute approximate surface area is 132 Å². The van der Waals surface area contributed by atoms with E-state index in [0.717, 1.165) is 62.4 Å². The third-order valence-electron chi connectivity index (χ3n) is 5.01. The van der Waals surface area contributed by atoms with Crippen molar-refractivity contribution in [3.05, 3.63) is 36.0 Å². The summed E-state index contributed by atoms with van der Waals surface area (Å²) in [6.07, 6.45) is -0.624. The molecule has 4 rings (SSSR count). The third-order valence-corrected chi connectivity index (χ3v) is 5.01. The van der Waals surface area contributed by atoms with Gasteiger partial charge in [-0.05, 0) is 31.0 Å². The van der Waals surface area contributed by atoms with Gasteiger partial charge in [0.25, 0.3) is 0 Å². The third kappa shape index (κ3) is 2.55. The molecule has 0 amide bonds. The number of pyridine rings is 1. The van der Waals surface area contributed by atoms with Crippen LogP contribution in [0.5, 0.6) is 0 Å². The number of nitrogens with zero attached hydrogens (tertiary/aromatic N) is 2. The number of hydrogen-bond acceptors (Lipinski definition) is 3. The number of benzene rings is 1. The molecule has 0 saturated carbocycles. The van der Waals surface area contributed by atoms with Crippen molar-refractivity contribution >= 4 is 16.6 Å². The maximum Gasteiger partial charge on any atom is 0.416 e. The summed E-state index contributed by atoms with van der Waals surface area (Å²) in [5, 5.41) is 0.775. The van der Waals surface area contributed by atoms with E-state index in [1.165, 1.54) is 6.07 Å². The van der Waals surface area contributed by atoms with E-state index < -0.39 is 11.7 Å². The molecule has 1 aromatic heterocycles. The maximum atomic E-state index is 12.9. The Kier molecular flexibility index (Phi) is 3.27. The Morgan fingerprint density at radius 3 is 2.78 bits per heavy atom. The first-order valence-corrected chi connectivity index (χ1v) is 7.76. The number of fused-ring (bicyclic) bond motifs is 1. The van der Waals surface area contributed by atoms with Gasteiger partial charge in [0, 0.05) is 42.4 Å². The minimum absolute atomic E-state index is 0.210. The van der Waals surface area contributed by atoms with Crippen LogP contribution in [0.15, 0.2) is 30.5 Å². The monoisotopic (exact) mass is 322 g/mol. The highest BCUT2D eigenvalue weighted by Gasteiger charge is 2.41. The van der Waals surface area contributed by atoms with Gasteiger partial charge >= 0.3 is 6.18 Å². The molecule has 0 radical (unpaired) electrons. The molecule has 2 saturated heterocycles. The van der Waals surface area contributed by atoms with Crippen LogP contribution in [0.3, 0.4) is 0 Å². The average Bonchev–Trinajstić information content (AvgIpc) is 3.16. The van der Waals surface area contributed by atoms with Crippen molar-refractivity contribution in [1.82, 2.24) is 4.98 Å². The van der Waals surface area contributed by atoms with Crippen molar-refractivity contribution in [2.24, 2.45) is 5.41 Å². The fraction of sp³-hybridized carbons (Fsp3) is 0.471. The van der Waals surface area contributed by atoms with Crippen LogP contribution >= 0.6 is 0 Å². The lowest BCUT2D eigenvalue weighted by Gasteiger charge is -2.24. The van der Waals surface area contributed by atoms with E-state index in [2.05, 4.69) is 9.88 Å². The van der Waals surface area contributed by atoms with Gasteiger partial charge in [-0.1, -0.05) is 6.07 Å². The van der Waals surface area contributed by atoms with E-state index >= 15 is 0 Å². The Bertz CT molecular complexity index is 738. The Hall–Kier alpha value is -1.82. The molecule has 3 heterocycles. The lowest BCUT2D eigenvalue weighted by Crippen LogP contribution is -2.27. The topological polar surface area (TPSA) is 25.4 Å². The summed E-state index contributed by atoms with van der Waals surface area (Å²) in [7, 11) is 0. The van der Waals surface area contributed by atoms with Gasteiger partial charge in [0.1, 0.15) is 0 Å². The minimum Gasteiger partial charge on any atom is -0.381 e. The van der Waals surface area contributed by atoms with Crippen LogP contribution in [-0.4, -0.2) is 31.3 Å². The number of alkyl halides is 3. The highest BCUT2D eigenvalue weighted by molar-refractivity contribution is 5.92. The van der Waals surface area contributed by atoms with Gasteiger partial charge in [0.15, 0.2) is 0 Å². The van der Waals surface area contributed by atoms with Gasteiger partial charge in [-0.2, -0.15) is 13.2 Å². The molecule has 1 atom stereocenters. The molecule has 6 heteroatoms. The summed E-state index contributed by atoms with van der Waals surface area (Å²) in [6.45, 7) is 3.39. The van der Waals surface area contributed by atoms with Gasteiger partial charge in [-0.3, -0.25) is 4.98 Å². The first-order valence-electron chi connectivity index (χ1n) is 7.76. The largest absolute Gasteiger partial charge is 0.416 e. The molecule has 2 aromatic rings. The Morgan fingerprint density at radius 1 is 1.17 bits per heavy atom. The lowest BCUT2D eigenvalue weighted by atomic mass is 9.87. The molecule has 1 aromatic carbocycles. The number of aromatic nitrogens is 1. The molecule has 3 nitrogen and oxygen atoms in total. The highest BCUT2D eigenvalue weighted by atomic mass is 19.4. The number of halogens is 3. The summed E-state index contributed by atoms with van der Waals surface area (Å²) in [4.78, 5) is 6.38. The second kappa shape index (κ2) is 5.09. The van der Waals surface area contributed by atoms with Gasteiger partial charge in [-0.15, -0.1) is 0 Å². The fourth-order valence-electron chi connectivity index (χ4n) is 3.70. The normalized spacial score (nSPS) is 24.9. The zero-order valence-corrected chi connectivity index (χ0v) is 12.6. The molecule has 122 valence electrons. The van der Waals surface area contributed by atoms with Crippen molar-refractivity contribution < 1.29 is 17.9 Å². The zero-order chi connectivity index (χ0) is 16.1. The first-order chi connectivity index (χ1) is 11.0. The predicted molar refractivity (Wildman–Crippen MR) is 81.4 cm³/mol. The number of ether oxygens (including phenoxy) is 1. The van der Waals surface area contributed by atoms with E-state index in [-0.39, 0.29) is 5.41 Å². The van der Waals surface area contributed by atoms with Gasteiger partial charge in [0.05, 0.1) is 17.7 Å². The summed E-state index contributed by atoms with van der Waals surface area (Å²) in [5.74, 6) is 0. The van der Waals surface area contributed by atoms with E-state index in [0.29, 0.717) is 5.52 Å². The quantitative estimate of drug-likeness (QED) is 0.797. The van der Waals surface area contributed by atoms with Gasteiger partial charge in [-0.25, -0.2) is 0 Å². The lowest BCUT2D eigenvalue weighted by molar-refractivity contribution is -0.137. The second-order valence-electron chi connectivity index (χ2n) is 6.53. The van der Waals surface area contributed by atoms with Crippen LogP contribution in [0.1, 0.15) is 18.4 Å². The number of anilines is 1. The fourth-order valence-corrected chi connectivity index (χ4v) is 3.70. The van der Waals surface area contributed by atoms with E-state index in [1.807, 2.05) is 6.07 Å². The van der Waals surface area contributed by atoms with Crippen LogP contribution in [0.25, 0.3) is 10.9 Å². The second-order valence-corrected chi connectivity index (χ2v) is 6.53. The van der Waals surface area contributed by atoms with Crippen LogP contribution in [-0.2, 0) is 10.9 Å². The zero-order valence-electron chi connectivity index (χ0n) is 12.6.